The number of carbonyl (C=O) groups is 1. The lowest BCUT2D eigenvalue weighted by Gasteiger charge is -2.17. The normalized spacial score (nSPS) is 11.6. The molecule has 0 bridgehead atoms. The van der Waals surface area contributed by atoms with Gasteiger partial charge in [0.25, 0.3) is 0 Å². The van der Waals surface area contributed by atoms with E-state index >= 15 is 0 Å². The van der Waals surface area contributed by atoms with E-state index in [-0.39, 0.29) is 11.7 Å². The Kier molecular flexibility index (Phi) is 5.99. The molecule has 2 aromatic carbocycles. The van der Waals surface area contributed by atoms with E-state index in [1.165, 1.54) is 13.2 Å². The molecule has 0 radical (unpaired) electrons. The summed E-state index contributed by atoms with van der Waals surface area (Å²) in [6, 6.07) is 8.47. The van der Waals surface area contributed by atoms with Crippen LogP contribution in [0.5, 0.6) is 5.75 Å². The first-order valence-corrected chi connectivity index (χ1v) is 9.37. The Morgan fingerprint density at radius 2 is 1.79 bits per heavy atom. The molecule has 0 unspecified atom stereocenters. The zero-order valence-electron chi connectivity index (χ0n) is 13.9. The van der Waals surface area contributed by atoms with Crippen LogP contribution in [0.4, 0.5) is 0 Å². The Bertz CT molecular complexity index is 776. The summed E-state index contributed by atoms with van der Waals surface area (Å²) in [6.45, 7) is 4.11. The van der Waals surface area contributed by atoms with E-state index in [9.17, 15) is 14.5 Å². The minimum atomic E-state index is -3.22. The smallest absolute Gasteiger partial charge is 0.335 e. The van der Waals surface area contributed by atoms with Crippen molar-refractivity contribution in [3.05, 3.63) is 41.5 Å². The first-order valence-electron chi connectivity index (χ1n) is 7.64. The van der Waals surface area contributed by atoms with Gasteiger partial charge >= 0.3 is 13.6 Å². The predicted molar refractivity (Wildman–Crippen MR) is 92.0 cm³/mol. The summed E-state index contributed by atoms with van der Waals surface area (Å²) < 4.78 is 28.5. The van der Waals surface area contributed by atoms with E-state index < -0.39 is 13.6 Å². The van der Waals surface area contributed by atoms with Gasteiger partial charge in [-0.2, -0.15) is 0 Å². The molecular weight excluding hydrogens is 331 g/mol. The highest BCUT2D eigenvalue weighted by Gasteiger charge is 2.24. The number of hydrogen-bond acceptors (Lipinski definition) is 5. The summed E-state index contributed by atoms with van der Waals surface area (Å²) in [6.07, 6.45) is 0.129. The molecule has 0 amide bonds. The number of ether oxygens (including phenoxy) is 1. The van der Waals surface area contributed by atoms with Crippen molar-refractivity contribution in [2.45, 2.75) is 20.0 Å². The van der Waals surface area contributed by atoms with E-state index in [1.54, 1.807) is 26.0 Å². The van der Waals surface area contributed by atoms with Crippen LogP contribution in [0.2, 0.25) is 0 Å². The second-order valence-electron chi connectivity index (χ2n) is 5.14. The van der Waals surface area contributed by atoms with Crippen molar-refractivity contribution in [3.63, 3.8) is 0 Å². The third-order valence-corrected chi connectivity index (χ3v) is 5.53. The van der Waals surface area contributed by atoms with Gasteiger partial charge < -0.3 is 18.9 Å². The number of methoxy groups -OCH3 is 1. The van der Waals surface area contributed by atoms with E-state index in [0.29, 0.717) is 24.3 Å². The van der Waals surface area contributed by atoms with Gasteiger partial charge in [-0.1, -0.05) is 18.2 Å². The van der Waals surface area contributed by atoms with Gasteiger partial charge in [0, 0.05) is 5.39 Å². The number of hydrogen-bond donors (Lipinski definition) is 1. The van der Waals surface area contributed by atoms with Crippen molar-refractivity contribution in [1.82, 2.24) is 0 Å². The molecule has 2 rings (SSSR count). The Labute approximate surface area is 140 Å². The standard InChI is InChI=1S/C17H21O6P/c1-4-22-24(20,23-5-2)11-12-6-7-15-13(8-12)9-14(17(18)19)10-16(15)21-3/h6-10H,4-5,11H2,1-3H3,(H,18,19). The highest BCUT2D eigenvalue weighted by atomic mass is 31.2. The number of fused-ring (bicyclic) bond motifs is 1. The van der Waals surface area contributed by atoms with Gasteiger partial charge in [0.1, 0.15) is 5.75 Å². The lowest BCUT2D eigenvalue weighted by Crippen LogP contribution is -2.00. The second-order valence-corrected chi connectivity index (χ2v) is 7.20. The maximum Gasteiger partial charge on any atom is 0.335 e. The van der Waals surface area contributed by atoms with Gasteiger partial charge in [0.15, 0.2) is 0 Å². The Balaban J connectivity index is 2.46. The fourth-order valence-corrected chi connectivity index (χ4v) is 4.21. The van der Waals surface area contributed by atoms with Crippen LogP contribution in [0, 0.1) is 0 Å². The molecule has 0 spiro atoms. The summed E-state index contributed by atoms with van der Waals surface area (Å²) in [7, 11) is -1.72. The number of carboxylic acid groups (broad SMARTS) is 1. The highest BCUT2D eigenvalue weighted by Crippen LogP contribution is 2.51. The van der Waals surface area contributed by atoms with Crippen LogP contribution in [-0.2, 0) is 19.8 Å². The minimum absolute atomic E-state index is 0.129. The van der Waals surface area contributed by atoms with Crippen molar-refractivity contribution in [1.29, 1.82) is 0 Å². The van der Waals surface area contributed by atoms with Gasteiger partial charge in [0.2, 0.25) is 0 Å². The molecule has 0 fully saturated rings. The van der Waals surface area contributed by atoms with E-state index in [1.807, 2.05) is 12.1 Å². The molecule has 0 aliphatic rings. The van der Waals surface area contributed by atoms with Crippen molar-refractivity contribution in [2.24, 2.45) is 0 Å². The molecule has 0 aliphatic carbocycles. The fourth-order valence-electron chi connectivity index (χ4n) is 2.52. The molecule has 1 N–H and O–H groups in total. The molecule has 7 heteroatoms. The molecule has 0 heterocycles. The lowest BCUT2D eigenvalue weighted by molar-refractivity contribution is 0.0696. The number of carboxylic acids is 1. The topological polar surface area (TPSA) is 82.1 Å². The molecule has 130 valence electrons. The van der Waals surface area contributed by atoms with Crippen LogP contribution in [0.15, 0.2) is 30.3 Å². The molecule has 0 atom stereocenters. The maximum atomic E-state index is 12.7. The van der Waals surface area contributed by atoms with Crippen LogP contribution in [-0.4, -0.2) is 31.4 Å². The van der Waals surface area contributed by atoms with Crippen LogP contribution in [0.3, 0.4) is 0 Å². The summed E-state index contributed by atoms with van der Waals surface area (Å²) >= 11 is 0. The number of rotatable bonds is 8. The molecule has 0 saturated carbocycles. The summed E-state index contributed by atoms with van der Waals surface area (Å²) in [5.41, 5.74) is 0.881. The zero-order valence-corrected chi connectivity index (χ0v) is 14.8. The van der Waals surface area contributed by atoms with E-state index in [4.69, 9.17) is 13.8 Å². The molecule has 0 aliphatic heterocycles. The lowest BCUT2D eigenvalue weighted by atomic mass is 10.0. The second kappa shape index (κ2) is 7.79. The van der Waals surface area contributed by atoms with Gasteiger partial charge in [-0.05, 0) is 36.9 Å². The van der Waals surface area contributed by atoms with Crippen LogP contribution >= 0.6 is 7.60 Å². The maximum absolute atomic E-state index is 12.7. The van der Waals surface area contributed by atoms with Gasteiger partial charge in [-0.3, -0.25) is 4.57 Å². The minimum Gasteiger partial charge on any atom is -0.496 e. The number of aromatic carboxylic acids is 1. The van der Waals surface area contributed by atoms with E-state index in [0.717, 1.165) is 10.9 Å². The quantitative estimate of drug-likeness (QED) is 0.713. The number of benzene rings is 2. The molecular formula is C17H21O6P. The van der Waals surface area contributed by atoms with E-state index in [2.05, 4.69) is 0 Å². The Morgan fingerprint density at radius 1 is 1.12 bits per heavy atom. The van der Waals surface area contributed by atoms with Gasteiger partial charge in [0.05, 0.1) is 32.0 Å². The third-order valence-electron chi connectivity index (χ3n) is 3.47. The third kappa shape index (κ3) is 4.15. The average Bonchev–Trinajstić information content (AvgIpc) is 2.53. The van der Waals surface area contributed by atoms with Gasteiger partial charge in [-0.15, -0.1) is 0 Å². The largest absolute Gasteiger partial charge is 0.496 e. The monoisotopic (exact) mass is 352 g/mol. The SMILES string of the molecule is CCOP(=O)(Cc1ccc2c(OC)cc(C(=O)O)cc2c1)OCC. The molecule has 0 aromatic heterocycles. The summed E-state index contributed by atoms with van der Waals surface area (Å²) in [4.78, 5) is 11.3. The zero-order chi connectivity index (χ0) is 17.7. The van der Waals surface area contributed by atoms with Crippen LogP contribution < -0.4 is 4.74 Å². The van der Waals surface area contributed by atoms with Gasteiger partial charge in [-0.25, -0.2) is 4.79 Å². The van der Waals surface area contributed by atoms with Crippen LogP contribution in [0.25, 0.3) is 10.8 Å². The summed E-state index contributed by atoms with van der Waals surface area (Å²) in [5, 5.41) is 10.7. The first-order chi connectivity index (χ1) is 11.4. The Morgan fingerprint density at radius 3 is 2.33 bits per heavy atom. The van der Waals surface area contributed by atoms with Crippen LogP contribution in [0.1, 0.15) is 29.8 Å². The highest BCUT2D eigenvalue weighted by molar-refractivity contribution is 7.53. The average molecular weight is 352 g/mol. The van der Waals surface area contributed by atoms with Crippen molar-refractivity contribution in [2.75, 3.05) is 20.3 Å². The molecule has 2 aromatic rings. The fraction of sp³-hybridized carbons (Fsp3) is 0.353. The van der Waals surface area contributed by atoms with Crippen molar-refractivity contribution >= 4 is 24.3 Å². The Hall–Kier alpha value is -1.88. The molecule has 6 nitrogen and oxygen atoms in total. The molecule has 0 saturated heterocycles. The predicted octanol–water partition coefficient (Wildman–Crippen LogP) is 4.31. The van der Waals surface area contributed by atoms with Crippen molar-refractivity contribution < 1.29 is 28.3 Å². The first kappa shape index (κ1) is 18.5. The summed E-state index contributed by atoms with van der Waals surface area (Å²) in [5.74, 6) is -0.552. The van der Waals surface area contributed by atoms with Crippen molar-refractivity contribution in [3.8, 4) is 5.75 Å². The molecule has 24 heavy (non-hydrogen) atoms.